The lowest BCUT2D eigenvalue weighted by atomic mass is 10.2. The van der Waals surface area contributed by atoms with Crippen LogP contribution in [0.4, 0.5) is 0 Å². The van der Waals surface area contributed by atoms with Crippen LogP contribution in [0, 0.1) is 13.8 Å². The molecule has 2 aromatic heterocycles. The topological polar surface area (TPSA) is 53.9 Å². The zero-order chi connectivity index (χ0) is 14.6. The van der Waals surface area contributed by atoms with Gasteiger partial charge in [0, 0.05) is 11.1 Å². The molecule has 0 atom stereocenters. The van der Waals surface area contributed by atoms with Gasteiger partial charge < -0.3 is 14.5 Å². The minimum Gasteiger partial charge on any atom is -0.348 e. The second kappa shape index (κ2) is 5.18. The molecule has 114 valence electrons. The number of aryl methyl sites for hydroxylation is 2. The van der Waals surface area contributed by atoms with E-state index in [-0.39, 0.29) is 18.3 Å². The van der Waals surface area contributed by atoms with Crippen LogP contribution in [0.5, 0.6) is 0 Å². The molecule has 0 fully saturated rings. The molecule has 3 heterocycles. The summed E-state index contributed by atoms with van der Waals surface area (Å²) in [5.41, 5.74) is 5.03. The number of hydrogen-bond donors (Lipinski definition) is 1. The maximum atomic E-state index is 12.6. The van der Waals surface area contributed by atoms with Gasteiger partial charge in [-0.15, -0.1) is 12.4 Å². The Kier molecular flexibility index (Phi) is 3.45. The largest absolute Gasteiger partial charge is 0.348 e. The monoisotopic (exact) mass is 316 g/mol. The molecule has 1 amide bonds. The third kappa shape index (κ3) is 2.09. The van der Waals surface area contributed by atoms with Gasteiger partial charge in [0.1, 0.15) is 5.69 Å². The molecule has 0 bridgehead atoms. The van der Waals surface area contributed by atoms with E-state index in [2.05, 4.69) is 39.7 Å². The van der Waals surface area contributed by atoms with Crippen molar-refractivity contribution in [1.29, 1.82) is 0 Å². The van der Waals surface area contributed by atoms with Crippen molar-refractivity contribution >= 4 is 29.2 Å². The molecule has 0 aliphatic carbocycles. The summed E-state index contributed by atoms with van der Waals surface area (Å²) in [5, 5.41) is 1.13. The van der Waals surface area contributed by atoms with Crippen molar-refractivity contribution in [2.75, 3.05) is 0 Å². The number of rotatable bonds is 2. The Morgan fingerprint density at radius 2 is 2.09 bits per heavy atom. The minimum atomic E-state index is 0. The molecule has 1 aromatic carbocycles. The van der Waals surface area contributed by atoms with Gasteiger partial charge in [0.05, 0.1) is 30.8 Å². The number of nitrogens with zero attached hydrogens (tertiary/aromatic N) is 3. The number of imidazole rings is 1. The molecule has 4 rings (SSSR count). The maximum absolute atomic E-state index is 12.6. The summed E-state index contributed by atoms with van der Waals surface area (Å²) in [6, 6.07) is 8.28. The summed E-state index contributed by atoms with van der Waals surface area (Å²) in [7, 11) is 0. The van der Waals surface area contributed by atoms with Crippen LogP contribution in [-0.2, 0) is 13.2 Å². The van der Waals surface area contributed by atoms with E-state index in [1.54, 1.807) is 6.33 Å². The number of nitrogens with one attached hydrogen (secondary N) is 1. The average molecular weight is 317 g/mol. The van der Waals surface area contributed by atoms with Crippen LogP contribution in [0.1, 0.15) is 27.4 Å². The molecule has 0 saturated heterocycles. The van der Waals surface area contributed by atoms with E-state index in [0.29, 0.717) is 13.2 Å². The number of aromatic amines is 1. The molecule has 1 N–H and O–H groups in total. The number of aromatic nitrogens is 3. The van der Waals surface area contributed by atoms with Gasteiger partial charge in [-0.25, -0.2) is 4.98 Å². The van der Waals surface area contributed by atoms with Crippen LogP contribution in [0.3, 0.4) is 0 Å². The lowest BCUT2D eigenvalue weighted by molar-refractivity contribution is 0.0755. The third-order valence-electron chi connectivity index (χ3n) is 4.15. The molecule has 0 radical (unpaired) electrons. The fraction of sp³-hybridized carbons (Fsp3) is 0.250. The molecule has 3 aromatic rings. The van der Waals surface area contributed by atoms with Crippen molar-refractivity contribution in [3.63, 3.8) is 0 Å². The van der Waals surface area contributed by atoms with Crippen LogP contribution >= 0.6 is 12.4 Å². The van der Waals surface area contributed by atoms with E-state index in [9.17, 15) is 4.79 Å². The Morgan fingerprint density at radius 1 is 1.27 bits per heavy atom. The van der Waals surface area contributed by atoms with E-state index in [0.717, 1.165) is 28.0 Å². The summed E-state index contributed by atoms with van der Waals surface area (Å²) in [6.45, 7) is 5.17. The summed E-state index contributed by atoms with van der Waals surface area (Å²) in [5.74, 6) is 0.0752. The second-order valence-electron chi connectivity index (χ2n) is 5.64. The van der Waals surface area contributed by atoms with E-state index < -0.39 is 0 Å². The number of H-pyrrole nitrogens is 1. The minimum absolute atomic E-state index is 0. The molecule has 1 aliphatic heterocycles. The summed E-state index contributed by atoms with van der Waals surface area (Å²) in [6.07, 6.45) is 1.67. The summed E-state index contributed by atoms with van der Waals surface area (Å²) < 4.78 is 2.08. The lowest BCUT2D eigenvalue weighted by Crippen LogP contribution is -2.24. The van der Waals surface area contributed by atoms with Crippen molar-refractivity contribution in [3.8, 4) is 0 Å². The van der Waals surface area contributed by atoms with Crippen LogP contribution in [0.15, 0.2) is 30.6 Å². The lowest BCUT2D eigenvalue weighted by Gasteiger charge is -2.14. The number of hydrogen-bond acceptors (Lipinski definition) is 2. The first-order valence-electron chi connectivity index (χ1n) is 7.01. The molecule has 0 saturated carbocycles. The molecular formula is C16H17ClN4O. The highest BCUT2D eigenvalue weighted by Crippen LogP contribution is 2.28. The fourth-order valence-corrected chi connectivity index (χ4v) is 2.97. The number of carbonyl (C=O) groups is 1. The average Bonchev–Trinajstić information content (AvgIpc) is 3.09. The van der Waals surface area contributed by atoms with E-state index in [4.69, 9.17) is 0 Å². The number of fused-ring (bicyclic) bond motifs is 3. The van der Waals surface area contributed by atoms with Crippen molar-refractivity contribution in [2.24, 2.45) is 0 Å². The van der Waals surface area contributed by atoms with Gasteiger partial charge in [-0.3, -0.25) is 4.79 Å². The van der Waals surface area contributed by atoms with E-state index >= 15 is 0 Å². The Balaban J connectivity index is 0.00000144. The van der Waals surface area contributed by atoms with E-state index in [1.807, 2.05) is 17.9 Å². The number of halogens is 1. The molecule has 5 nitrogen and oxygen atoms in total. The van der Waals surface area contributed by atoms with Crippen LogP contribution in [0.2, 0.25) is 0 Å². The van der Waals surface area contributed by atoms with Crippen LogP contribution in [0.25, 0.3) is 10.9 Å². The van der Waals surface area contributed by atoms with Crippen molar-refractivity contribution in [2.45, 2.75) is 27.1 Å². The maximum Gasteiger partial charge on any atom is 0.272 e. The number of amides is 1. The van der Waals surface area contributed by atoms with Crippen molar-refractivity contribution < 1.29 is 4.79 Å². The standard InChI is InChI=1S/C16H16N4O.ClH/c1-10-3-4-14-12(5-10)6-15-16(21)19(9-20(14)15)7-13-11(2)17-8-18-13;/h3-6,8H,7,9H2,1-2H3,(H,17,18);1H. The first kappa shape index (κ1) is 14.7. The van der Waals surface area contributed by atoms with E-state index in [1.165, 1.54) is 5.56 Å². The van der Waals surface area contributed by atoms with Crippen molar-refractivity contribution in [3.05, 3.63) is 53.2 Å². The number of benzene rings is 1. The quantitative estimate of drug-likeness (QED) is 0.790. The highest BCUT2D eigenvalue weighted by Gasteiger charge is 2.29. The first-order chi connectivity index (χ1) is 10.1. The van der Waals surface area contributed by atoms with Gasteiger partial charge in [-0.2, -0.15) is 0 Å². The van der Waals surface area contributed by atoms with Gasteiger partial charge >= 0.3 is 0 Å². The molecular weight excluding hydrogens is 300 g/mol. The zero-order valence-electron chi connectivity index (χ0n) is 12.5. The molecule has 6 heteroatoms. The molecule has 1 aliphatic rings. The smallest absolute Gasteiger partial charge is 0.272 e. The third-order valence-corrected chi connectivity index (χ3v) is 4.15. The Morgan fingerprint density at radius 3 is 2.82 bits per heavy atom. The zero-order valence-corrected chi connectivity index (χ0v) is 13.3. The van der Waals surface area contributed by atoms with Gasteiger partial charge in [0.25, 0.3) is 5.91 Å². The highest BCUT2D eigenvalue weighted by molar-refractivity contribution is 6.00. The Labute approximate surface area is 134 Å². The number of carbonyl (C=O) groups excluding carboxylic acids is 1. The van der Waals surface area contributed by atoms with Gasteiger partial charge in [-0.1, -0.05) is 11.6 Å². The normalized spacial score (nSPS) is 13.5. The summed E-state index contributed by atoms with van der Waals surface area (Å²) in [4.78, 5) is 21.7. The second-order valence-corrected chi connectivity index (χ2v) is 5.64. The van der Waals surface area contributed by atoms with Gasteiger partial charge in [-0.05, 0) is 32.0 Å². The van der Waals surface area contributed by atoms with Gasteiger partial charge in [0.2, 0.25) is 0 Å². The van der Waals surface area contributed by atoms with Crippen LogP contribution in [-0.4, -0.2) is 25.3 Å². The first-order valence-corrected chi connectivity index (χ1v) is 7.01. The predicted octanol–water partition coefficient (Wildman–Crippen LogP) is 3.02. The Hall–Kier alpha value is -2.27. The van der Waals surface area contributed by atoms with Crippen molar-refractivity contribution in [1.82, 2.24) is 19.4 Å². The Bertz CT molecular complexity index is 864. The molecule has 0 spiro atoms. The summed E-state index contributed by atoms with van der Waals surface area (Å²) >= 11 is 0. The fourth-order valence-electron chi connectivity index (χ4n) is 2.97. The predicted molar refractivity (Wildman–Crippen MR) is 87.1 cm³/mol. The van der Waals surface area contributed by atoms with Crippen LogP contribution < -0.4 is 0 Å². The molecule has 0 unspecified atom stereocenters. The van der Waals surface area contributed by atoms with Gasteiger partial charge in [0.15, 0.2) is 0 Å². The molecule has 22 heavy (non-hydrogen) atoms. The highest BCUT2D eigenvalue weighted by atomic mass is 35.5. The SMILES string of the molecule is Cc1ccc2c(c1)cc1n2CN(Cc2nc[nH]c2C)C1=O.Cl.